The first-order valence-electron chi connectivity index (χ1n) is 3.05. The Hall–Kier alpha value is -0.415. The van der Waals surface area contributed by atoms with Crippen LogP contribution >= 0.6 is 0 Å². The van der Waals surface area contributed by atoms with E-state index in [4.69, 9.17) is 5.11 Å². The van der Waals surface area contributed by atoms with Crippen LogP contribution in [0.25, 0.3) is 0 Å². The number of hydrogen-bond acceptors (Lipinski definition) is 1. The third-order valence-corrected chi connectivity index (χ3v) is 5.79. The van der Waals surface area contributed by atoms with Crippen molar-refractivity contribution in [1.29, 1.82) is 0 Å². The van der Waals surface area contributed by atoms with Crippen LogP contribution in [0.3, 0.4) is 0 Å². The molecule has 1 aromatic rings. The topological polar surface area (TPSA) is 68.8 Å². The molecular weight excluding hydrogens is 333 g/mol. The number of benzene rings is 1. The van der Waals surface area contributed by atoms with Gasteiger partial charge >= 0.3 is 71.4 Å². The van der Waals surface area contributed by atoms with Crippen LogP contribution in [0.2, 0.25) is 0 Å². The van der Waals surface area contributed by atoms with Crippen molar-refractivity contribution in [2.45, 2.75) is 0 Å². The Kier molecular flexibility index (Phi) is 5.07. The average Bonchev–Trinajstić information content (AvgIpc) is 1.88. The summed E-state index contributed by atoms with van der Waals surface area (Å²) in [7, 11) is 0. The van der Waals surface area contributed by atoms with Crippen molar-refractivity contribution in [3.8, 4) is 0 Å². The summed E-state index contributed by atoms with van der Waals surface area (Å²) >= 11 is -1.76. The van der Waals surface area contributed by atoms with Gasteiger partial charge in [-0.3, -0.25) is 0 Å². The van der Waals surface area contributed by atoms with Crippen molar-refractivity contribution >= 4 is 6.55 Å². The second-order valence-electron chi connectivity index (χ2n) is 2.06. The molecule has 0 fully saturated rings. The molecule has 0 amide bonds. The molecule has 0 heterocycles. The van der Waals surface area contributed by atoms with E-state index in [-0.39, 0.29) is 5.48 Å². The summed E-state index contributed by atoms with van der Waals surface area (Å²) in [6, 6.07) is 9.47. The number of carbonyl (C=O) groups is 1. The van der Waals surface area contributed by atoms with Gasteiger partial charge < -0.3 is 5.48 Å². The van der Waals surface area contributed by atoms with E-state index in [2.05, 4.69) is 0 Å². The normalized spacial score (nSPS) is 7.64. The van der Waals surface area contributed by atoms with Gasteiger partial charge in [0.15, 0.2) is 0 Å². The van der Waals surface area contributed by atoms with Gasteiger partial charge in [-0.15, -0.1) is 0 Å². The van der Waals surface area contributed by atoms with Crippen molar-refractivity contribution < 1.29 is 40.0 Å². The van der Waals surface area contributed by atoms with Crippen LogP contribution in [-0.2, 0) is 24.6 Å². The van der Waals surface area contributed by atoms with Crippen LogP contribution in [0, 0.1) is 0 Å². The molecule has 1 rings (SSSR count). The van der Waals surface area contributed by atoms with Gasteiger partial charge in [0.1, 0.15) is 0 Å². The zero-order valence-electron chi connectivity index (χ0n) is 5.95. The zero-order valence-corrected chi connectivity index (χ0v) is 11.4. The maximum atomic E-state index is 10.3. The Labute approximate surface area is 76.8 Å². The second kappa shape index (κ2) is 5.26. The molecule has 0 spiro atoms. The quantitative estimate of drug-likeness (QED) is 0.784. The Morgan fingerprint density at radius 1 is 1.27 bits per heavy atom. The fourth-order valence-electron chi connectivity index (χ4n) is 0.770. The van der Waals surface area contributed by atoms with Gasteiger partial charge in [-0.1, -0.05) is 0 Å². The molecule has 0 saturated carbocycles. The van der Waals surface area contributed by atoms with E-state index in [9.17, 15) is 4.79 Å². The number of rotatable bonds is 2. The summed E-state index contributed by atoms with van der Waals surface area (Å²) < 4.78 is 0.501. The minimum absolute atomic E-state index is 0. The molecule has 11 heavy (non-hydrogen) atoms. The standard InChI is InChI=1S/C6H5.CHO2.Hg.H2O/c1-2-4-6-5-3-1;2-1-3;;/h1-5H;(H,2,3);;1H2. The molecule has 0 bridgehead atoms. The molecular formula is C7H8HgO3. The summed E-state index contributed by atoms with van der Waals surface area (Å²) in [5, 5.41) is 8.47. The molecule has 1 aromatic carbocycles. The molecule has 3 nitrogen and oxygen atoms in total. The van der Waals surface area contributed by atoms with Gasteiger partial charge in [0, 0.05) is 0 Å². The van der Waals surface area contributed by atoms with Crippen LogP contribution < -0.4 is 3.07 Å². The Balaban J connectivity index is 0.000001000. The molecule has 0 aliphatic rings. The maximum absolute atomic E-state index is 10.3. The van der Waals surface area contributed by atoms with Crippen LogP contribution in [0.15, 0.2) is 30.3 Å². The first-order valence-corrected chi connectivity index (χ1v) is 8.54. The third kappa shape index (κ3) is 4.11. The summed E-state index contributed by atoms with van der Waals surface area (Å²) in [6.45, 7) is 0. The minimum atomic E-state index is -1.76. The molecule has 0 saturated heterocycles. The third-order valence-electron chi connectivity index (χ3n) is 1.20. The summed E-state index contributed by atoms with van der Waals surface area (Å²) in [5.74, 6) is 0. The van der Waals surface area contributed by atoms with Gasteiger partial charge in [-0.2, -0.15) is 0 Å². The number of carboxylic acid groups (broad SMARTS) is 1. The SMILES string of the molecule is O.O=[C](O)[Hg][c]1ccccc1. The fourth-order valence-corrected chi connectivity index (χ4v) is 4.10. The monoisotopic (exact) mass is 342 g/mol. The zero-order chi connectivity index (χ0) is 7.40. The molecule has 56 valence electrons. The van der Waals surface area contributed by atoms with Crippen LogP contribution in [-0.4, -0.2) is 14.1 Å². The van der Waals surface area contributed by atoms with E-state index < -0.39 is 28.1 Å². The van der Waals surface area contributed by atoms with Crippen LogP contribution in [0.1, 0.15) is 0 Å². The summed E-state index contributed by atoms with van der Waals surface area (Å²) in [6.07, 6.45) is 0. The fraction of sp³-hybridized carbons (Fsp3) is 0. The second-order valence-corrected chi connectivity index (χ2v) is 8.96. The molecule has 3 N–H and O–H groups in total. The molecule has 0 radical (unpaired) electrons. The van der Waals surface area contributed by atoms with Crippen LogP contribution in [0.4, 0.5) is 4.79 Å². The van der Waals surface area contributed by atoms with Crippen molar-refractivity contribution in [3.05, 3.63) is 30.3 Å². The Morgan fingerprint density at radius 3 is 2.27 bits per heavy atom. The average molecular weight is 341 g/mol. The molecule has 0 unspecified atom stereocenters. The molecule has 0 aliphatic carbocycles. The molecule has 0 aliphatic heterocycles. The summed E-state index contributed by atoms with van der Waals surface area (Å²) in [5.41, 5.74) is 0. The van der Waals surface area contributed by atoms with Crippen molar-refractivity contribution in [3.63, 3.8) is 0 Å². The van der Waals surface area contributed by atoms with E-state index in [1.165, 1.54) is 0 Å². The first-order chi connectivity index (χ1) is 4.79. The van der Waals surface area contributed by atoms with Gasteiger partial charge in [0.25, 0.3) is 0 Å². The Bertz CT molecular complexity index is 222. The van der Waals surface area contributed by atoms with Crippen LogP contribution in [0.5, 0.6) is 0 Å². The molecule has 0 aromatic heterocycles. The predicted octanol–water partition coefficient (Wildman–Crippen LogP) is 0.248. The van der Waals surface area contributed by atoms with E-state index in [0.717, 1.165) is 3.07 Å². The molecule has 4 heteroatoms. The van der Waals surface area contributed by atoms with Crippen molar-refractivity contribution in [2.75, 3.05) is 0 Å². The van der Waals surface area contributed by atoms with Crippen molar-refractivity contribution in [1.82, 2.24) is 0 Å². The number of hydrogen-bond donors (Lipinski definition) is 1. The first kappa shape index (κ1) is 10.6. The van der Waals surface area contributed by atoms with Gasteiger partial charge in [-0.05, 0) is 0 Å². The summed E-state index contributed by atoms with van der Waals surface area (Å²) in [4.78, 5) is 10.3. The van der Waals surface area contributed by atoms with E-state index in [0.29, 0.717) is 0 Å². The van der Waals surface area contributed by atoms with E-state index in [1.54, 1.807) is 0 Å². The predicted molar refractivity (Wildman–Crippen MR) is 37.7 cm³/mol. The van der Waals surface area contributed by atoms with Gasteiger partial charge in [0.05, 0.1) is 0 Å². The van der Waals surface area contributed by atoms with E-state index >= 15 is 0 Å². The van der Waals surface area contributed by atoms with E-state index in [1.807, 2.05) is 30.3 Å². The Morgan fingerprint density at radius 2 is 1.82 bits per heavy atom. The van der Waals surface area contributed by atoms with Crippen molar-refractivity contribution in [2.24, 2.45) is 0 Å². The van der Waals surface area contributed by atoms with Gasteiger partial charge in [-0.25, -0.2) is 0 Å². The van der Waals surface area contributed by atoms with Gasteiger partial charge in [0.2, 0.25) is 0 Å². The molecule has 0 atom stereocenters.